The van der Waals surface area contributed by atoms with E-state index in [0.717, 1.165) is 12.1 Å². The first-order chi connectivity index (χ1) is 7.49. The molecule has 2 nitrogen and oxygen atoms in total. The number of benzene rings is 1. The van der Waals surface area contributed by atoms with E-state index >= 15 is 0 Å². The molecule has 0 saturated carbocycles. The number of rotatable bonds is 5. The van der Waals surface area contributed by atoms with Gasteiger partial charge in [0.2, 0.25) is 0 Å². The SMILES string of the molecule is CCOc1ccc([B-](F)(F)F)cc1OCC.[K+]. The van der Waals surface area contributed by atoms with E-state index in [2.05, 4.69) is 0 Å². The molecule has 90 valence electrons. The Hall–Kier alpha value is 0.311. The predicted molar refractivity (Wildman–Crippen MR) is 57.5 cm³/mol. The van der Waals surface area contributed by atoms with Gasteiger partial charge in [0.15, 0.2) is 11.5 Å². The molecule has 0 radical (unpaired) electrons. The second kappa shape index (κ2) is 7.68. The van der Waals surface area contributed by atoms with E-state index in [4.69, 9.17) is 9.47 Å². The van der Waals surface area contributed by atoms with Crippen molar-refractivity contribution >= 4 is 12.4 Å². The maximum atomic E-state index is 12.5. The summed E-state index contributed by atoms with van der Waals surface area (Å²) in [4.78, 5) is 0. The van der Waals surface area contributed by atoms with E-state index in [-0.39, 0.29) is 57.1 Å². The minimum atomic E-state index is -5.00. The van der Waals surface area contributed by atoms with E-state index in [1.54, 1.807) is 13.8 Å². The molecule has 0 atom stereocenters. The van der Waals surface area contributed by atoms with Crippen molar-refractivity contribution in [1.82, 2.24) is 0 Å². The first kappa shape index (κ1) is 17.3. The smallest absolute Gasteiger partial charge is 0.490 e. The van der Waals surface area contributed by atoms with Gasteiger partial charge in [0.25, 0.3) is 0 Å². The molecule has 1 rings (SSSR count). The van der Waals surface area contributed by atoms with E-state index in [1.165, 1.54) is 6.07 Å². The summed E-state index contributed by atoms with van der Waals surface area (Å²) in [6, 6.07) is 3.28. The zero-order chi connectivity index (χ0) is 12.2. The summed E-state index contributed by atoms with van der Waals surface area (Å²) >= 11 is 0. The van der Waals surface area contributed by atoms with Gasteiger partial charge in [-0.3, -0.25) is 0 Å². The van der Waals surface area contributed by atoms with Crippen LogP contribution in [0.1, 0.15) is 13.8 Å². The van der Waals surface area contributed by atoms with Crippen LogP contribution in [-0.4, -0.2) is 20.2 Å². The van der Waals surface area contributed by atoms with Crippen molar-refractivity contribution in [3.63, 3.8) is 0 Å². The Labute approximate surface area is 141 Å². The van der Waals surface area contributed by atoms with Crippen molar-refractivity contribution < 1.29 is 73.8 Å². The van der Waals surface area contributed by atoms with Crippen molar-refractivity contribution in [2.75, 3.05) is 13.2 Å². The Morgan fingerprint density at radius 1 is 1.00 bits per heavy atom. The number of halogens is 3. The maximum absolute atomic E-state index is 12.5. The largest absolute Gasteiger partial charge is 1.00 e. The number of ether oxygens (including phenoxy) is 2. The van der Waals surface area contributed by atoms with Crippen LogP contribution in [0.5, 0.6) is 11.5 Å². The molecule has 0 heterocycles. The monoisotopic (exact) mass is 272 g/mol. The molecule has 7 heteroatoms. The summed E-state index contributed by atoms with van der Waals surface area (Å²) in [7, 11) is 0. The quantitative estimate of drug-likeness (QED) is 0.676. The van der Waals surface area contributed by atoms with Crippen molar-refractivity contribution in [2.45, 2.75) is 13.8 Å². The Morgan fingerprint density at radius 3 is 2.00 bits per heavy atom. The summed E-state index contributed by atoms with van der Waals surface area (Å²) in [5.41, 5.74) is -0.674. The van der Waals surface area contributed by atoms with Crippen molar-refractivity contribution in [3.8, 4) is 11.5 Å². The van der Waals surface area contributed by atoms with Gasteiger partial charge in [-0.2, -0.15) is 0 Å². The molecule has 0 spiro atoms. The van der Waals surface area contributed by atoms with E-state index in [1.807, 2.05) is 0 Å². The summed E-state index contributed by atoms with van der Waals surface area (Å²) in [5.74, 6) is 0.481. The van der Waals surface area contributed by atoms with Crippen LogP contribution in [0.3, 0.4) is 0 Å². The van der Waals surface area contributed by atoms with Crippen molar-refractivity contribution in [1.29, 1.82) is 0 Å². The second-order valence-corrected chi connectivity index (χ2v) is 3.15. The molecule has 0 amide bonds. The number of hydrogen-bond acceptors (Lipinski definition) is 2. The molecule has 17 heavy (non-hydrogen) atoms. The van der Waals surface area contributed by atoms with Gasteiger partial charge in [-0.15, -0.1) is 5.46 Å². The Balaban J connectivity index is 0.00000256. The molecule has 0 saturated heterocycles. The summed E-state index contributed by atoms with van der Waals surface area (Å²) in [5, 5.41) is 0. The third kappa shape index (κ3) is 5.21. The van der Waals surface area contributed by atoms with Crippen LogP contribution in [0, 0.1) is 0 Å². The van der Waals surface area contributed by atoms with Crippen LogP contribution in [0.25, 0.3) is 0 Å². The molecule has 0 fully saturated rings. The molecule has 0 N–H and O–H groups in total. The van der Waals surface area contributed by atoms with E-state index in [0.29, 0.717) is 19.0 Å². The van der Waals surface area contributed by atoms with Crippen LogP contribution in [-0.2, 0) is 0 Å². The Morgan fingerprint density at radius 2 is 1.53 bits per heavy atom. The molecule has 0 aliphatic heterocycles. The van der Waals surface area contributed by atoms with Gasteiger partial charge >= 0.3 is 58.4 Å². The van der Waals surface area contributed by atoms with Crippen molar-refractivity contribution in [2.24, 2.45) is 0 Å². The van der Waals surface area contributed by atoms with Crippen LogP contribution >= 0.6 is 0 Å². The van der Waals surface area contributed by atoms with Gasteiger partial charge in [-0.05, 0) is 26.0 Å². The summed E-state index contributed by atoms with van der Waals surface area (Å²) in [6.45, 7) is -0.843. The Bertz CT molecular complexity index is 358. The molecular formula is C10H13BF3KO2. The van der Waals surface area contributed by atoms with Gasteiger partial charge in [-0.1, -0.05) is 6.07 Å². The fraction of sp³-hybridized carbons (Fsp3) is 0.400. The third-order valence-electron chi connectivity index (χ3n) is 1.95. The van der Waals surface area contributed by atoms with Gasteiger partial charge < -0.3 is 22.4 Å². The zero-order valence-electron chi connectivity index (χ0n) is 10.2. The third-order valence-corrected chi connectivity index (χ3v) is 1.95. The predicted octanol–water partition coefficient (Wildman–Crippen LogP) is -0.458. The topological polar surface area (TPSA) is 18.5 Å². The van der Waals surface area contributed by atoms with Crippen LogP contribution in [0.15, 0.2) is 18.2 Å². The van der Waals surface area contributed by atoms with Crippen molar-refractivity contribution in [3.05, 3.63) is 18.2 Å². The molecule has 0 aliphatic carbocycles. The average Bonchev–Trinajstić information content (AvgIpc) is 2.19. The van der Waals surface area contributed by atoms with E-state index in [9.17, 15) is 12.9 Å². The maximum Gasteiger partial charge on any atom is 1.00 e. The Kier molecular flexibility index (Phi) is 7.82. The van der Waals surface area contributed by atoms with Crippen LogP contribution < -0.4 is 66.3 Å². The first-order valence-corrected chi connectivity index (χ1v) is 5.08. The summed E-state index contributed by atoms with van der Waals surface area (Å²) in [6.07, 6.45) is 0. The van der Waals surface area contributed by atoms with Gasteiger partial charge in [0, 0.05) is 0 Å². The molecule has 0 bridgehead atoms. The van der Waals surface area contributed by atoms with E-state index < -0.39 is 12.4 Å². The average molecular weight is 272 g/mol. The number of hydrogen-bond donors (Lipinski definition) is 0. The van der Waals surface area contributed by atoms with Crippen LogP contribution in [0.2, 0.25) is 0 Å². The second-order valence-electron chi connectivity index (χ2n) is 3.15. The van der Waals surface area contributed by atoms with Gasteiger partial charge in [0.1, 0.15) is 0 Å². The minimum Gasteiger partial charge on any atom is -0.490 e. The molecular weight excluding hydrogens is 259 g/mol. The summed E-state index contributed by atoms with van der Waals surface area (Å²) < 4.78 is 47.8. The van der Waals surface area contributed by atoms with Gasteiger partial charge in [-0.25, -0.2) is 0 Å². The van der Waals surface area contributed by atoms with Gasteiger partial charge in [0.05, 0.1) is 13.2 Å². The zero-order valence-corrected chi connectivity index (χ0v) is 13.3. The normalized spacial score (nSPS) is 10.6. The molecule has 0 unspecified atom stereocenters. The molecule has 0 aromatic heterocycles. The van der Waals surface area contributed by atoms with Crippen LogP contribution in [0.4, 0.5) is 12.9 Å². The minimum absolute atomic E-state index is 0. The fourth-order valence-corrected chi connectivity index (χ4v) is 1.27. The standard InChI is InChI=1S/C10H13BF3O2.K/c1-3-15-9-6-5-8(11(12,13)14)7-10(9)16-4-2;/h5-7H,3-4H2,1-2H3;/q-1;+1. The molecule has 0 aliphatic rings. The first-order valence-electron chi connectivity index (χ1n) is 5.08. The fourth-order valence-electron chi connectivity index (χ4n) is 1.27. The molecule has 1 aromatic rings. The molecule has 1 aromatic carbocycles.